The van der Waals surface area contributed by atoms with E-state index >= 15 is 0 Å². The summed E-state index contributed by atoms with van der Waals surface area (Å²) in [7, 11) is -3.58. The Morgan fingerprint density at radius 1 is 1.40 bits per heavy atom. The van der Waals surface area contributed by atoms with E-state index in [4.69, 9.17) is 0 Å². The van der Waals surface area contributed by atoms with Gasteiger partial charge in [0, 0.05) is 18.2 Å². The number of benzene rings is 1. The highest BCUT2D eigenvalue weighted by molar-refractivity contribution is 7.88. The number of nitrogens with one attached hydrogen (secondary N) is 1. The molecular formula is C13H17FN2O3S. The van der Waals surface area contributed by atoms with Gasteiger partial charge in [0.2, 0.25) is 15.9 Å². The first-order valence-corrected chi connectivity index (χ1v) is 8.19. The first kappa shape index (κ1) is 14.9. The van der Waals surface area contributed by atoms with Crippen LogP contribution in [-0.4, -0.2) is 37.5 Å². The summed E-state index contributed by atoms with van der Waals surface area (Å²) in [6.07, 6.45) is 2.87. The van der Waals surface area contributed by atoms with Gasteiger partial charge < -0.3 is 5.32 Å². The molecular weight excluding hydrogens is 283 g/mol. The van der Waals surface area contributed by atoms with Crippen LogP contribution >= 0.6 is 0 Å². The number of carbonyl (C=O) groups excluding carboxylic acids is 1. The van der Waals surface area contributed by atoms with Gasteiger partial charge in [-0.1, -0.05) is 18.2 Å². The summed E-state index contributed by atoms with van der Waals surface area (Å²) in [5.41, 5.74) is 0.247. The van der Waals surface area contributed by atoms with Crippen molar-refractivity contribution in [2.45, 2.75) is 25.4 Å². The minimum Gasteiger partial charge on any atom is -0.352 e. The van der Waals surface area contributed by atoms with Crippen molar-refractivity contribution < 1.29 is 17.6 Å². The number of nitrogens with zero attached hydrogens (tertiary/aromatic N) is 1. The second-order valence-electron chi connectivity index (χ2n) is 4.96. The van der Waals surface area contributed by atoms with Crippen LogP contribution in [0.15, 0.2) is 24.3 Å². The van der Waals surface area contributed by atoms with Crippen molar-refractivity contribution in [2.75, 3.05) is 12.8 Å². The smallest absolute Gasteiger partial charge is 0.235 e. The average molecular weight is 300 g/mol. The maximum absolute atomic E-state index is 13.6. The van der Waals surface area contributed by atoms with Crippen LogP contribution in [0.4, 0.5) is 4.39 Å². The van der Waals surface area contributed by atoms with Gasteiger partial charge in [0.15, 0.2) is 0 Å². The fraction of sp³-hybridized carbons (Fsp3) is 0.462. The molecule has 0 aliphatic heterocycles. The number of rotatable bonds is 6. The molecule has 1 amide bonds. The minimum atomic E-state index is -3.58. The van der Waals surface area contributed by atoms with Crippen LogP contribution in [0.25, 0.3) is 0 Å². The number of hydrogen-bond donors (Lipinski definition) is 1. The van der Waals surface area contributed by atoms with Gasteiger partial charge in [-0.15, -0.1) is 0 Å². The molecule has 1 N–H and O–H groups in total. The zero-order valence-corrected chi connectivity index (χ0v) is 12.0. The van der Waals surface area contributed by atoms with Crippen molar-refractivity contribution in [2.24, 2.45) is 0 Å². The van der Waals surface area contributed by atoms with E-state index in [1.54, 1.807) is 6.07 Å². The first-order valence-electron chi connectivity index (χ1n) is 6.34. The third-order valence-electron chi connectivity index (χ3n) is 3.04. The Hall–Kier alpha value is -1.47. The number of amides is 1. The number of carbonyl (C=O) groups is 1. The lowest BCUT2D eigenvalue weighted by molar-refractivity contribution is -0.121. The van der Waals surface area contributed by atoms with Crippen LogP contribution < -0.4 is 5.32 Å². The highest BCUT2D eigenvalue weighted by Crippen LogP contribution is 2.18. The zero-order chi connectivity index (χ0) is 14.8. The maximum Gasteiger partial charge on any atom is 0.235 e. The molecule has 1 aromatic carbocycles. The molecule has 110 valence electrons. The molecule has 5 nitrogen and oxygen atoms in total. The predicted molar refractivity (Wildman–Crippen MR) is 72.8 cm³/mol. The van der Waals surface area contributed by atoms with Gasteiger partial charge in [-0.3, -0.25) is 4.79 Å². The molecule has 0 spiro atoms. The summed E-state index contributed by atoms with van der Waals surface area (Å²) in [5, 5.41) is 2.72. The van der Waals surface area contributed by atoms with Crippen molar-refractivity contribution in [1.82, 2.24) is 9.62 Å². The van der Waals surface area contributed by atoms with Crippen LogP contribution in [0.1, 0.15) is 18.4 Å². The molecule has 2 rings (SSSR count). The second-order valence-corrected chi connectivity index (χ2v) is 6.95. The van der Waals surface area contributed by atoms with E-state index in [1.807, 2.05) is 0 Å². The summed E-state index contributed by atoms with van der Waals surface area (Å²) in [5.74, 6) is -0.835. The van der Waals surface area contributed by atoms with Crippen molar-refractivity contribution in [1.29, 1.82) is 0 Å². The van der Waals surface area contributed by atoms with Gasteiger partial charge in [-0.25, -0.2) is 12.8 Å². The topological polar surface area (TPSA) is 66.5 Å². The van der Waals surface area contributed by atoms with Crippen LogP contribution in [0.5, 0.6) is 0 Å². The van der Waals surface area contributed by atoms with E-state index in [9.17, 15) is 17.6 Å². The molecule has 0 unspecified atom stereocenters. The summed E-state index contributed by atoms with van der Waals surface area (Å²) >= 11 is 0. The fourth-order valence-corrected chi connectivity index (χ4v) is 2.49. The maximum atomic E-state index is 13.6. The zero-order valence-electron chi connectivity index (χ0n) is 11.2. The normalized spacial score (nSPS) is 15.3. The number of sulfonamides is 1. The first-order chi connectivity index (χ1) is 9.36. The third-order valence-corrected chi connectivity index (χ3v) is 4.23. The summed E-state index contributed by atoms with van der Waals surface area (Å²) in [6, 6.07) is 6.09. The average Bonchev–Trinajstić information content (AvgIpc) is 3.13. The Morgan fingerprint density at radius 3 is 2.60 bits per heavy atom. The molecule has 1 aliphatic carbocycles. The molecule has 0 heterocycles. The van der Waals surface area contributed by atoms with E-state index in [0.29, 0.717) is 0 Å². The lowest BCUT2D eigenvalue weighted by atomic mass is 10.2. The van der Waals surface area contributed by atoms with E-state index in [-0.39, 0.29) is 30.6 Å². The molecule has 1 aromatic rings. The van der Waals surface area contributed by atoms with Crippen LogP contribution in [0.3, 0.4) is 0 Å². The summed E-state index contributed by atoms with van der Waals surface area (Å²) in [6.45, 7) is -0.437. The highest BCUT2D eigenvalue weighted by atomic mass is 32.2. The highest BCUT2D eigenvalue weighted by Gasteiger charge is 2.26. The SMILES string of the molecule is CS(=O)(=O)N(CC(=O)NC1CC1)Cc1ccccc1F. The molecule has 0 aromatic heterocycles. The van der Waals surface area contributed by atoms with E-state index < -0.39 is 15.8 Å². The van der Waals surface area contributed by atoms with E-state index in [2.05, 4.69) is 5.32 Å². The lowest BCUT2D eigenvalue weighted by Gasteiger charge is -2.19. The van der Waals surface area contributed by atoms with Gasteiger partial charge >= 0.3 is 0 Å². The van der Waals surface area contributed by atoms with Gasteiger partial charge in [-0.05, 0) is 18.9 Å². The Bertz CT molecular complexity index is 599. The molecule has 1 saturated carbocycles. The van der Waals surface area contributed by atoms with E-state index in [1.165, 1.54) is 18.2 Å². The molecule has 0 saturated heterocycles. The monoisotopic (exact) mass is 300 g/mol. The largest absolute Gasteiger partial charge is 0.352 e. The molecule has 1 aliphatic rings. The second kappa shape index (κ2) is 5.88. The summed E-state index contributed by atoms with van der Waals surface area (Å²) < 4.78 is 38.0. The molecule has 0 radical (unpaired) electrons. The Labute approximate surface area is 117 Å². The summed E-state index contributed by atoms with van der Waals surface area (Å²) in [4.78, 5) is 11.7. The molecule has 0 bridgehead atoms. The van der Waals surface area contributed by atoms with Gasteiger partial charge in [-0.2, -0.15) is 4.31 Å². The minimum absolute atomic E-state index is 0.149. The molecule has 0 atom stereocenters. The van der Waals surface area contributed by atoms with Crippen LogP contribution in [0, 0.1) is 5.82 Å². The Balaban J connectivity index is 2.07. The standard InChI is InChI=1S/C13H17FN2O3S/c1-20(18,19)16(9-13(17)15-11-6-7-11)8-10-4-2-3-5-12(10)14/h2-5,11H,6-9H2,1H3,(H,15,17). The van der Waals surface area contributed by atoms with Crippen molar-refractivity contribution in [3.63, 3.8) is 0 Å². The van der Waals surface area contributed by atoms with Crippen molar-refractivity contribution in [3.05, 3.63) is 35.6 Å². The predicted octanol–water partition coefficient (Wildman–Crippen LogP) is 0.866. The Kier molecular flexibility index (Phi) is 4.39. The van der Waals surface area contributed by atoms with E-state index in [0.717, 1.165) is 23.4 Å². The number of hydrogen-bond acceptors (Lipinski definition) is 3. The fourth-order valence-electron chi connectivity index (χ4n) is 1.77. The van der Waals surface area contributed by atoms with Crippen molar-refractivity contribution in [3.8, 4) is 0 Å². The van der Waals surface area contributed by atoms with Gasteiger partial charge in [0.05, 0.1) is 12.8 Å². The lowest BCUT2D eigenvalue weighted by Crippen LogP contribution is -2.40. The van der Waals surface area contributed by atoms with Crippen LogP contribution in [0.2, 0.25) is 0 Å². The Morgan fingerprint density at radius 2 is 2.05 bits per heavy atom. The molecule has 1 fully saturated rings. The van der Waals surface area contributed by atoms with Gasteiger partial charge in [0.25, 0.3) is 0 Å². The van der Waals surface area contributed by atoms with Gasteiger partial charge in [0.1, 0.15) is 5.82 Å². The van der Waals surface area contributed by atoms with Crippen molar-refractivity contribution >= 4 is 15.9 Å². The quantitative estimate of drug-likeness (QED) is 0.847. The molecule has 20 heavy (non-hydrogen) atoms. The number of halogens is 1. The third kappa shape index (κ3) is 4.28. The van der Waals surface area contributed by atoms with Crippen LogP contribution in [-0.2, 0) is 21.4 Å². The molecule has 7 heteroatoms.